The molecule has 0 spiro atoms. The molecular formula is C16H22N6. The zero-order chi connectivity index (χ0) is 15.7. The van der Waals surface area contributed by atoms with E-state index < -0.39 is 0 Å². The molecule has 0 bridgehead atoms. The third kappa shape index (κ3) is 2.54. The van der Waals surface area contributed by atoms with E-state index in [1.165, 1.54) is 6.42 Å². The average Bonchev–Trinajstić information content (AvgIpc) is 3.03. The van der Waals surface area contributed by atoms with Crippen LogP contribution < -0.4 is 10.6 Å². The van der Waals surface area contributed by atoms with Crippen molar-refractivity contribution in [2.24, 2.45) is 13.0 Å². The first-order valence-corrected chi connectivity index (χ1v) is 7.70. The van der Waals surface area contributed by atoms with E-state index in [0.717, 1.165) is 31.2 Å². The minimum atomic E-state index is 0.559. The summed E-state index contributed by atoms with van der Waals surface area (Å²) in [6.45, 7) is 4.80. The van der Waals surface area contributed by atoms with Crippen molar-refractivity contribution in [3.8, 4) is 6.07 Å². The third-order valence-electron chi connectivity index (χ3n) is 4.39. The first-order valence-electron chi connectivity index (χ1n) is 7.70. The van der Waals surface area contributed by atoms with Gasteiger partial charge in [0.1, 0.15) is 23.4 Å². The van der Waals surface area contributed by atoms with Crippen LogP contribution in [-0.2, 0) is 13.6 Å². The quantitative estimate of drug-likeness (QED) is 0.940. The molecule has 116 valence electrons. The lowest BCUT2D eigenvalue weighted by Gasteiger charge is -2.33. The molecule has 1 aliphatic rings. The van der Waals surface area contributed by atoms with Crippen molar-refractivity contribution in [3.63, 3.8) is 0 Å². The number of nitriles is 1. The van der Waals surface area contributed by atoms with Crippen LogP contribution in [0.1, 0.15) is 31.3 Å². The molecule has 1 fully saturated rings. The molecule has 0 radical (unpaired) electrons. The molecule has 1 aliphatic heterocycles. The summed E-state index contributed by atoms with van der Waals surface area (Å²) < 4.78 is 3.97. The lowest BCUT2D eigenvalue weighted by atomic mass is 10.0. The SMILES string of the molecule is CC1CCCN(c2c(N)cc(C#N)n2Cc2nccn2C)C1. The molecule has 0 aliphatic carbocycles. The number of aryl methyl sites for hydroxylation is 1. The van der Waals surface area contributed by atoms with Crippen LogP contribution >= 0.6 is 0 Å². The molecule has 1 saturated heterocycles. The van der Waals surface area contributed by atoms with Crippen LogP contribution in [0.25, 0.3) is 0 Å². The molecule has 1 unspecified atom stereocenters. The van der Waals surface area contributed by atoms with Gasteiger partial charge in [0, 0.05) is 32.5 Å². The zero-order valence-corrected chi connectivity index (χ0v) is 13.2. The van der Waals surface area contributed by atoms with Crippen LogP contribution in [0.2, 0.25) is 0 Å². The fourth-order valence-electron chi connectivity index (χ4n) is 3.24. The van der Waals surface area contributed by atoms with Crippen LogP contribution in [0.5, 0.6) is 0 Å². The Morgan fingerprint density at radius 3 is 2.95 bits per heavy atom. The minimum absolute atomic E-state index is 0.559. The van der Waals surface area contributed by atoms with Crippen molar-refractivity contribution in [2.75, 3.05) is 23.7 Å². The van der Waals surface area contributed by atoms with Gasteiger partial charge in [-0.2, -0.15) is 5.26 Å². The van der Waals surface area contributed by atoms with Gasteiger partial charge in [-0.05, 0) is 24.8 Å². The average molecular weight is 298 g/mol. The largest absolute Gasteiger partial charge is 0.396 e. The second kappa shape index (κ2) is 5.76. The van der Waals surface area contributed by atoms with Gasteiger partial charge in [-0.25, -0.2) is 4.98 Å². The van der Waals surface area contributed by atoms with Crippen LogP contribution in [0.4, 0.5) is 11.5 Å². The topological polar surface area (TPSA) is 75.8 Å². The molecule has 6 heteroatoms. The van der Waals surface area contributed by atoms with E-state index in [4.69, 9.17) is 5.73 Å². The highest BCUT2D eigenvalue weighted by Crippen LogP contribution is 2.31. The van der Waals surface area contributed by atoms with Crippen molar-refractivity contribution in [3.05, 3.63) is 30.0 Å². The van der Waals surface area contributed by atoms with Crippen molar-refractivity contribution in [2.45, 2.75) is 26.3 Å². The van der Waals surface area contributed by atoms with Crippen molar-refractivity contribution < 1.29 is 0 Å². The number of hydrogen-bond acceptors (Lipinski definition) is 4. The number of rotatable bonds is 3. The summed E-state index contributed by atoms with van der Waals surface area (Å²) in [5.41, 5.74) is 7.49. The van der Waals surface area contributed by atoms with E-state index >= 15 is 0 Å². The molecule has 3 rings (SSSR count). The lowest BCUT2D eigenvalue weighted by molar-refractivity contribution is 0.441. The molecular weight excluding hydrogens is 276 g/mol. The Hall–Kier alpha value is -2.42. The predicted octanol–water partition coefficient (Wildman–Crippen LogP) is 1.96. The van der Waals surface area contributed by atoms with Crippen LogP contribution in [-0.4, -0.2) is 27.2 Å². The van der Waals surface area contributed by atoms with E-state index in [1.54, 1.807) is 12.3 Å². The number of aromatic nitrogens is 3. The molecule has 2 aromatic rings. The zero-order valence-electron chi connectivity index (χ0n) is 13.2. The monoisotopic (exact) mass is 298 g/mol. The number of nitrogens with two attached hydrogens (primary N) is 1. The summed E-state index contributed by atoms with van der Waals surface area (Å²) in [5, 5.41) is 9.43. The van der Waals surface area contributed by atoms with Crippen molar-refractivity contribution >= 4 is 11.5 Å². The number of hydrogen-bond donors (Lipinski definition) is 1. The van der Waals surface area contributed by atoms with Gasteiger partial charge in [0.2, 0.25) is 0 Å². The Morgan fingerprint density at radius 2 is 2.32 bits per heavy atom. The van der Waals surface area contributed by atoms with Crippen LogP contribution in [0, 0.1) is 17.2 Å². The normalized spacial score (nSPS) is 18.4. The molecule has 2 N–H and O–H groups in total. The highest BCUT2D eigenvalue weighted by atomic mass is 15.3. The summed E-state index contributed by atoms with van der Waals surface area (Å²) in [5.74, 6) is 2.53. The Kier molecular flexibility index (Phi) is 3.80. The van der Waals surface area contributed by atoms with E-state index in [-0.39, 0.29) is 0 Å². The molecule has 0 amide bonds. The summed E-state index contributed by atoms with van der Waals surface area (Å²) >= 11 is 0. The van der Waals surface area contributed by atoms with Crippen LogP contribution in [0.3, 0.4) is 0 Å². The second-order valence-electron chi connectivity index (χ2n) is 6.15. The van der Waals surface area contributed by atoms with E-state index in [1.807, 2.05) is 22.4 Å². The van der Waals surface area contributed by atoms with Gasteiger partial charge in [0.05, 0.1) is 12.2 Å². The summed E-state index contributed by atoms with van der Waals surface area (Å²) in [6, 6.07) is 4.03. The maximum absolute atomic E-state index is 9.43. The molecule has 6 nitrogen and oxygen atoms in total. The fourth-order valence-corrected chi connectivity index (χ4v) is 3.24. The van der Waals surface area contributed by atoms with Crippen molar-refractivity contribution in [1.29, 1.82) is 5.26 Å². The Labute approximate surface area is 130 Å². The Bertz CT molecular complexity index is 705. The van der Waals surface area contributed by atoms with Gasteiger partial charge in [0.15, 0.2) is 0 Å². The third-order valence-corrected chi connectivity index (χ3v) is 4.39. The first-order chi connectivity index (χ1) is 10.6. The van der Waals surface area contributed by atoms with Gasteiger partial charge in [-0.1, -0.05) is 6.92 Å². The molecule has 1 atom stereocenters. The summed E-state index contributed by atoms with van der Waals surface area (Å²) in [7, 11) is 1.96. The van der Waals surface area contributed by atoms with Gasteiger partial charge in [-0.15, -0.1) is 0 Å². The standard InChI is InChI=1S/C16H22N6/c1-12-4-3-6-21(10-12)16-14(18)8-13(9-17)22(16)11-15-19-5-7-20(15)2/h5,7-8,12H,3-4,6,10-11,18H2,1-2H3. The highest BCUT2D eigenvalue weighted by molar-refractivity contribution is 5.68. The summed E-state index contributed by atoms with van der Waals surface area (Å²) in [6.07, 6.45) is 6.10. The Balaban J connectivity index is 2.00. The molecule has 3 heterocycles. The van der Waals surface area contributed by atoms with Gasteiger partial charge in [0.25, 0.3) is 0 Å². The van der Waals surface area contributed by atoms with Gasteiger partial charge in [-0.3, -0.25) is 0 Å². The predicted molar refractivity (Wildman–Crippen MR) is 86.5 cm³/mol. The van der Waals surface area contributed by atoms with Crippen LogP contribution in [0.15, 0.2) is 18.5 Å². The number of piperidine rings is 1. The number of nitrogen functional groups attached to an aromatic ring is 1. The maximum Gasteiger partial charge on any atom is 0.133 e. The summed E-state index contributed by atoms with van der Waals surface area (Å²) in [4.78, 5) is 6.68. The number of anilines is 2. The fraction of sp³-hybridized carbons (Fsp3) is 0.500. The lowest BCUT2D eigenvalue weighted by Crippen LogP contribution is -2.36. The number of nitrogens with zero attached hydrogens (tertiary/aromatic N) is 5. The minimum Gasteiger partial charge on any atom is -0.396 e. The van der Waals surface area contributed by atoms with Gasteiger partial charge >= 0.3 is 0 Å². The Morgan fingerprint density at radius 1 is 1.50 bits per heavy atom. The number of imidazole rings is 1. The molecule has 0 aromatic carbocycles. The van der Waals surface area contributed by atoms with Gasteiger partial charge < -0.3 is 19.8 Å². The smallest absolute Gasteiger partial charge is 0.133 e. The molecule has 22 heavy (non-hydrogen) atoms. The first kappa shape index (κ1) is 14.5. The molecule has 2 aromatic heterocycles. The van der Waals surface area contributed by atoms with E-state index in [2.05, 4.69) is 22.9 Å². The van der Waals surface area contributed by atoms with E-state index in [0.29, 0.717) is 23.8 Å². The highest BCUT2D eigenvalue weighted by Gasteiger charge is 2.24. The van der Waals surface area contributed by atoms with E-state index in [9.17, 15) is 5.26 Å². The second-order valence-corrected chi connectivity index (χ2v) is 6.15. The molecule has 0 saturated carbocycles. The maximum atomic E-state index is 9.43. The van der Waals surface area contributed by atoms with Crippen molar-refractivity contribution in [1.82, 2.24) is 14.1 Å².